The first-order valence-electron chi connectivity index (χ1n) is 3.21. The van der Waals surface area contributed by atoms with Crippen LogP contribution >= 0.6 is 0 Å². The zero-order valence-corrected chi connectivity index (χ0v) is 6.26. The topological polar surface area (TPSA) is 46.5 Å². The number of ether oxygens (including phenoxy) is 1. The molecule has 0 atom stereocenters. The van der Waals surface area contributed by atoms with E-state index in [1.165, 1.54) is 0 Å². The molecule has 1 N–H and O–H groups in total. The van der Waals surface area contributed by atoms with Gasteiger partial charge in [-0.1, -0.05) is 6.92 Å². The van der Waals surface area contributed by atoms with Crippen molar-refractivity contribution in [1.82, 2.24) is 0 Å². The van der Waals surface area contributed by atoms with Crippen molar-refractivity contribution in [2.45, 2.75) is 20.3 Å². The quantitative estimate of drug-likeness (QED) is 0.471. The molecule has 3 nitrogen and oxygen atoms in total. The van der Waals surface area contributed by atoms with Crippen molar-refractivity contribution in [3.05, 3.63) is 11.8 Å². The number of aliphatic hydroxyl groups excluding tert-OH is 1. The number of rotatable bonds is 3. The van der Waals surface area contributed by atoms with E-state index in [0.717, 1.165) is 0 Å². The highest BCUT2D eigenvalue weighted by atomic mass is 16.5. The predicted molar refractivity (Wildman–Crippen MR) is 37.2 cm³/mol. The van der Waals surface area contributed by atoms with E-state index in [2.05, 4.69) is 4.74 Å². The zero-order chi connectivity index (χ0) is 7.98. The van der Waals surface area contributed by atoms with Gasteiger partial charge in [-0.2, -0.15) is 0 Å². The fraction of sp³-hybridized carbons (Fsp3) is 0.571. The first kappa shape index (κ1) is 9.17. The molecule has 0 amide bonds. The highest BCUT2D eigenvalue weighted by Gasteiger charge is 2.00. The third kappa shape index (κ3) is 3.25. The van der Waals surface area contributed by atoms with Gasteiger partial charge >= 0.3 is 5.97 Å². The van der Waals surface area contributed by atoms with Crippen LogP contribution in [0.15, 0.2) is 11.8 Å². The van der Waals surface area contributed by atoms with E-state index in [1.54, 1.807) is 19.9 Å². The van der Waals surface area contributed by atoms with Crippen LogP contribution in [0.5, 0.6) is 0 Å². The molecule has 0 aromatic carbocycles. The molecule has 10 heavy (non-hydrogen) atoms. The van der Waals surface area contributed by atoms with E-state index in [-0.39, 0.29) is 12.6 Å². The van der Waals surface area contributed by atoms with Crippen LogP contribution in [-0.4, -0.2) is 17.7 Å². The number of carbonyl (C=O) groups is 1. The minimum absolute atomic E-state index is 0.220. The second kappa shape index (κ2) is 4.99. The van der Waals surface area contributed by atoms with Crippen molar-refractivity contribution in [3.8, 4) is 0 Å². The largest absolute Gasteiger partial charge is 0.429 e. The fourth-order valence-electron chi connectivity index (χ4n) is 0.401. The molecule has 58 valence electrons. The van der Waals surface area contributed by atoms with Crippen LogP contribution in [0.1, 0.15) is 20.3 Å². The predicted octanol–water partition coefficient (Wildman–Crippen LogP) is 0.836. The van der Waals surface area contributed by atoms with Crippen LogP contribution in [0.25, 0.3) is 0 Å². The summed E-state index contributed by atoms with van der Waals surface area (Å²) >= 11 is 0. The van der Waals surface area contributed by atoms with Gasteiger partial charge in [-0.05, 0) is 13.0 Å². The number of hydrogen-bond acceptors (Lipinski definition) is 3. The van der Waals surface area contributed by atoms with Crippen LogP contribution < -0.4 is 0 Å². The summed E-state index contributed by atoms with van der Waals surface area (Å²) in [7, 11) is 0. The van der Waals surface area contributed by atoms with E-state index >= 15 is 0 Å². The van der Waals surface area contributed by atoms with E-state index in [4.69, 9.17) is 5.11 Å². The highest BCUT2D eigenvalue weighted by molar-refractivity contribution is 5.70. The smallest absolute Gasteiger partial charge is 0.310 e. The Morgan fingerprint density at radius 2 is 2.30 bits per heavy atom. The summed E-state index contributed by atoms with van der Waals surface area (Å²) in [5, 5.41) is 8.52. The number of hydrogen-bond donors (Lipinski definition) is 1. The SMILES string of the molecule is CC=C(CO)OC(=O)CC. The first-order valence-corrected chi connectivity index (χ1v) is 3.21. The van der Waals surface area contributed by atoms with E-state index in [1.807, 2.05) is 0 Å². The molecule has 0 aliphatic rings. The summed E-state index contributed by atoms with van der Waals surface area (Å²) < 4.78 is 4.67. The molecule has 0 heterocycles. The molecule has 0 spiro atoms. The van der Waals surface area contributed by atoms with Crippen molar-refractivity contribution in [2.75, 3.05) is 6.61 Å². The van der Waals surface area contributed by atoms with Gasteiger partial charge < -0.3 is 9.84 Å². The molecule has 0 aliphatic carbocycles. The number of allylic oxidation sites excluding steroid dienone is 1. The summed E-state index contributed by atoms with van der Waals surface area (Å²) in [4.78, 5) is 10.6. The molecule has 0 rings (SSSR count). The second-order valence-corrected chi connectivity index (χ2v) is 1.74. The second-order valence-electron chi connectivity index (χ2n) is 1.74. The van der Waals surface area contributed by atoms with Crippen molar-refractivity contribution >= 4 is 5.97 Å². The molecular weight excluding hydrogens is 132 g/mol. The standard InChI is InChI=1S/C7H12O3/c1-3-6(5-8)10-7(9)4-2/h3,8H,4-5H2,1-2H3. The molecule has 0 radical (unpaired) electrons. The fourth-order valence-corrected chi connectivity index (χ4v) is 0.401. The minimum atomic E-state index is -0.317. The van der Waals surface area contributed by atoms with E-state index in [9.17, 15) is 4.79 Å². The lowest BCUT2D eigenvalue weighted by Gasteiger charge is -2.02. The zero-order valence-electron chi connectivity index (χ0n) is 6.26. The van der Waals surface area contributed by atoms with Crippen LogP contribution in [0.2, 0.25) is 0 Å². The Balaban J connectivity index is 3.76. The van der Waals surface area contributed by atoms with Crippen LogP contribution in [-0.2, 0) is 9.53 Å². The maximum Gasteiger partial charge on any atom is 0.310 e. The molecule has 0 unspecified atom stereocenters. The number of esters is 1. The Morgan fingerprint density at radius 1 is 1.70 bits per heavy atom. The number of aliphatic hydroxyl groups is 1. The molecule has 3 heteroatoms. The Morgan fingerprint density at radius 3 is 2.60 bits per heavy atom. The number of carbonyl (C=O) groups excluding carboxylic acids is 1. The molecule has 0 aliphatic heterocycles. The van der Waals surface area contributed by atoms with Crippen molar-refractivity contribution in [1.29, 1.82) is 0 Å². The minimum Gasteiger partial charge on any atom is -0.429 e. The lowest BCUT2D eigenvalue weighted by Crippen LogP contribution is -2.04. The van der Waals surface area contributed by atoms with Gasteiger partial charge in [0.05, 0.1) is 0 Å². The summed E-state index contributed by atoms with van der Waals surface area (Å²) in [5.74, 6) is -0.00556. The molecular formula is C7H12O3. The van der Waals surface area contributed by atoms with Gasteiger partial charge in [-0.3, -0.25) is 4.79 Å². The molecule has 0 fully saturated rings. The Kier molecular flexibility index (Phi) is 4.58. The summed E-state index contributed by atoms with van der Waals surface area (Å²) in [6, 6.07) is 0. The van der Waals surface area contributed by atoms with Gasteiger partial charge in [-0.25, -0.2) is 0 Å². The Bertz CT molecular complexity index is 138. The molecule has 0 saturated carbocycles. The van der Waals surface area contributed by atoms with Crippen molar-refractivity contribution < 1.29 is 14.6 Å². The maximum atomic E-state index is 10.6. The highest BCUT2D eigenvalue weighted by Crippen LogP contribution is 1.97. The average molecular weight is 144 g/mol. The lowest BCUT2D eigenvalue weighted by molar-refractivity contribution is -0.139. The van der Waals surface area contributed by atoms with Crippen molar-refractivity contribution in [3.63, 3.8) is 0 Å². The molecule has 0 aromatic rings. The lowest BCUT2D eigenvalue weighted by atomic mass is 10.4. The first-order chi connectivity index (χ1) is 4.74. The molecule has 0 bridgehead atoms. The summed E-state index contributed by atoms with van der Waals surface area (Å²) in [6.07, 6.45) is 1.89. The monoisotopic (exact) mass is 144 g/mol. The van der Waals surface area contributed by atoms with Gasteiger partial charge in [0, 0.05) is 6.42 Å². The maximum absolute atomic E-state index is 10.6. The average Bonchev–Trinajstić information content (AvgIpc) is 1.99. The van der Waals surface area contributed by atoms with Crippen LogP contribution in [0.3, 0.4) is 0 Å². The van der Waals surface area contributed by atoms with E-state index in [0.29, 0.717) is 12.2 Å². The Labute approximate surface area is 60.3 Å². The van der Waals surface area contributed by atoms with Crippen molar-refractivity contribution in [2.24, 2.45) is 0 Å². The molecule has 0 saturated heterocycles. The third-order valence-electron chi connectivity index (χ3n) is 1.01. The van der Waals surface area contributed by atoms with Gasteiger partial charge in [0.15, 0.2) is 0 Å². The normalized spacial score (nSPS) is 11.3. The third-order valence-corrected chi connectivity index (χ3v) is 1.01. The molecule has 0 aromatic heterocycles. The summed E-state index contributed by atoms with van der Waals surface area (Å²) in [6.45, 7) is 3.18. The van der Waals surface area contributed by atoms with Crippen LogP contribution in [0, 0.1) is 0 Å². The van der Waals surface area contributed by atoms with Gasteiger partial charge in [0.25, 0.3) is 0 Å². The van der Waals surface area contributed by atoms with Gasteiger partial charge in [0.1, 0.15) is 12.4 Å². The van der Waals surface area contributed by atoms with Gasteiger partial charge in [0.2, 0.25) is 0 Å². The summed E-state index contributed by atoms with van der Waals surface area (Å²) in [5.41, 5.74) is 0. The van der Waals surface area contributed by atoms with Gasteiger partial charge in [-0.15, -0.1) is 0 Å². The van der Waals surface area contributed by atoms with Crippen LogP contribution in [0.4, 0.5) is 0 Å². The Hall–Kier alpha value is -0.830. The van der Waals surface area contributed by atoms with E-state index < -0.39 is 0 Å².